The van der Waals surface area contributed by atoms with E-state index >= 15 is 0 Å². The van der Waals surface area contributed by atoms with E-state index in [1.165, 1.54) is 5.56 Å². The second-order valence-corrected chi connectivity index (χ2v) is 6.29. The molecule has 0 saturated carbocycles. The van der Waals surface area contributed by atoms with Crippen LogP contribution in [0.4, 0.5) is 0 Å². The molecule has 5 heteroatoms. The third-order valence-electron chi connectivity index (χ3n) is 2.84. The number of hydrogen-bond donors (Lipinski definition) is 1. The van der Waals surface area contributed by atoms with E-state index in [2.05, 4.69) is 17.4 Å². The molecule has 2 aromatic carbocycles. The highest BCUT2D eigenvalue weighted by Crippen LogP contribution is 2.25. The summed E-state index contributed by atoms with van der Waals surface area (Å²) in [5.74, 6) is 1.59. The standard InChI is InChI=1S/C16H15Cl2NOS/c17-14-8-4-7-13(15(14)18)16(20)19-9-10-21-11-12-5-2-1-3-6-12/h1-8H,9-11H2,(H,19,20). The maximum atomic E-state index is 12.0. The van der Waals surface area contributed by atoms with Gasteiger partial charge in [0.2, 0.25) is 0 Å². The molecule has 0 aromatic heterocycles. The molecule has 0 radical (unpaired) electrons. The van der Waals surface area contributed by atoms with E-state index < -0.39 is 0 Å². The van der Waals surface area contributed by atoms with Crippen LogP contribution in [-0.4, -0.2) is 18.2 Å². The molecule has 0 heterocycles. The van der Waals surface area contributed by atoms with Crippen molar-refractivity contribution in [1.82, 2.24) is 5.32 Å². The summed E-state index contributed by atoms with van der Waals surface area (Å²) >= 11 is 13.7. The summed E-state index contributed by atoms with van der Waals surface area (Å²) in [5.41, 5.74) is 1.70. The fourth-order valence-electron chi connectivity index (χ4n) is 1.78. The third kappa shape index (κ3) is 4.95. The van der Waals surface area contributed by atoms with Crippen LogP contribution < -0.4 is 5.32 Å². The van der Waals surface area contributed by atoms with Crippen molar-refractivity contribution in [2.24, 2.45) is 0 Å². The van der Waals surface area contributed by atoms with Gasteiger partial charge in [-0.2, -0.15) is 11.8 Å². The molecule has 110 valence electrons. The zero-order valence-corrected chi connectivity index (χ0v) is 13.6. The van der Waals surface area contributed by atoms with Crippen molar-refractivity contribution in [3.8, 4) is 0 Å². The molecule has 0 aliphatic heterocycles. The summed E-state index contributed by atoms with van der Waals surface area (Å²) < 4.78 is 0. The summed E-state index contributed by atoms with van der Waals surface area (Å²) in [6.45, 7) is 0.596. The van der Waals surface area contributed by atoms with E-state index in [0.29, 0.717) is 22.2 Å². The van der Waals surface area contributed by atoms with Crippen molar-refractivity contribution in [3.05, 3.63) is 69.7 Å². The van der Waals surface area contributed by atoms with Crippen LogP contribution in [0.25, 0.3) is 0 Å². The molecule has 0 spiro atoms. The minimum Gasteiger partial charge on any atom is -0.351 e. The van der Waals surface area contributed by atoms with E-state index in [0.717, 1.165) is 11.5 Å². The normalized spacial score (nSPS) is 10.4. The summed E-state index contributed by atoms with van der Waals surface area (Å²) in [6, 6.07) is 15.3. The summed E-state index contributed by atoms with van der Waals surface area (Å²) in [7, 11) is 0. The Hall–Kier alpha value is -1.16. The van der Waals surface area contributed by atoms with Crippen molar-refractivity contribution in [2.45, 2.75) is 5.75 Å². The van der Waals surface area contributed by atoms with E-state index in [4.69, 9.17) is 23.2 Å². The Morgan fingerprint density at radius 3 is 2.57 bits per heavy atom. The molecule has 0 aliphatic rings. The van der Waals surface area contributed by atoms with Crippen LogP contribution in [0, 0.1) is 0 Å². The molecule has 0 atom stereocenters. The topological polar surface area (TPSA) is 29.1 Å². The number of nitrogens with one attached hydrogen (secondary N) is 1. The Morgan fingerprint density at radius 2 is 1.81 bits per heavy atom. The van der Waals surface area contributed by atoms with E-state index in [9.17, 15) is 4.79 Å². The minimum absolute atomic E-state index is 0.192. The molecule has 0 unspecified atom stereocenters. The molecule has 2 rings (SSSR count). The zero-order chi connectivity index (χ0) is 15.1. The third-order valence-corrected chi connectivity index (χ3v) is 4.69. The van der Waals surface area contributed by atoms with Gasteiger partial charge in [0.25, 0.3) is 5.91 Å². The molecule has 0 aliphatic carbocycles. The number of carbonyl (C=O) groups excluding carboxylic acids is 1. The molecule has 1 amide bonds. The number of amides is 1. The SMILES string of the molecule is O=C(NCCSCc1ccccc1)c1cccc(Cl)c1Cl. The van der Waals surface area contributed by atoms with E-state index in [1.54, 1.807) is 30.0 Å². The first kappa shape index (κ1) is 16.2. The zero-order valence-electron chi connectivity index (χ0n) is 11.3. The highest BCUT2D eigenvalue weighted by Gasteiger charge is 2.11. The van der Waals surface area contributed by atoms with Gasteiger partial charge in [-0.25, -0.2) is 0 Å². The number of halogens is 2. The van der Waals surface area contributed by atoms with Gasteiger partial charge < -0.3 is 5.32 Å². The average Bonchev–Trinajstić information content (AvgIpc) is 2.50. The lowest BCUT2D eigenvalue weighted by Crippen LogP contribution is -2.26. The number of benzene rings is 2. The largest absolute Gasteiger partial charge is 0.351 e. The van der Waals surface area contributed by atoms with Crippen LogP contribution in [-0.2, 0) is 5.75 Å². The molecule has 2 aromatic rings. The van der Waals surface area contributed by atoms with Gasteiger partial charge in [0.05, 0.1) is 15.6 Å². The molecular formula is C16H15Cl2NOS. The maximum Gasteiger partial charge on any atom is 0.252 e. The van der Waals surface area contributed by atoms with Crippen LogP contribution in [0.5, 0.6) is 0 Å². The lowest BCUT2D eigenvalue weighted by atomic mass is 10.2. The Labute approximate surface area is 138 Å². The number of thioether (sulfide) groups is 1. The van der Waals surface area contributed by atoms with Crippen LogP contribution in [0.3, 0.4) is 0 Å². The predicted octanol–water partition coefficient (Wildman–Crippen LogP) is 4.66. The van der Waals surface area contributed by atoms with Crippen LogP contribution in [0.2, 0.25) is 10.0 Å². The molecule has 21 heavy (non-hydrogen) atoms. The monoisotopic (exact) mass is 339 g/mol. The van der Waals surface area contributed by atoms with Gasteiger partial charge in [-0.15, -0.1) is 0 Å². The lowest BCUT2D eigenvalue weighted by molar-refractivity contribution is 0.0956. The average molecular weight is 340 g/mol. The summed E-state index contributed by atoms with van der Waals surface area (Å²) in [5, 5.41) is 3.54. The van der Waals surface area contributed by atoms with Gasteiger partial charge in [-0.3, -0.25) is 4.79 Å². The molecule has 2 nitrogen and oxygen atoms in total. The summed E-state index contributed by atoms with van der Waals surface area (Å²) in [6.07, 6.45) is 0. The van der Waals surface area contributed by atoms with Crippen LogP contribution >= 0.6 is 35.0 Å². The van der Waals surface area contributed by atoms with Gasteiger partial charge in [0.15, 0.2) is 0 Å². The van der Waals surface area contributed by atoms with Gasteiger partial charge >= 0.3 is 0 Å². The molecule has 0 bridgehead atoms. The van der Waals surface area contributed by atoms with Gasteiger partial charge in [-0.05, 0) is 17.7 Å². The number of carbonyl (C=O) groups is 1. The maximum absolute atomic E-state index is 12.0. The number of hydrogen-bond acceptors (Lipinski definition) is 2. The first-order valence-corrected chi connectivity index (χ1v) is 8.43. The van der Waals surface area contributed by atoms with Crippen molar-refractivity contribution < 1.29 is 4.79 Å². The van der Waals surface area contributed by atoms with Crippen molar-refractivity contribution >= 4 is 40.9 Å². The highest BCUT2D eigenvalue weighted by atomic mass is 35.5. The van der Waals surface area contributed by atoms with Gasteiger partial charge in [-0.1, -0.05) is 59.6 Å². The second-order valence-electron chi connectivity index (χ2n) is 4.40. The highest BCUT2D eigenvalue weighted by molar-refractivity contribution is 7.98. The Balaban J connectivity index is 1.73. The van der Waals surface area contributed by atoms with Gasteiger partial charge in [0, 0.05) is 18.1 Å². The molecule has 1 N–H and O–H groups in total. The molecular weight excluding hydrogens is 325 g/mol. The first-order chi connectivity index (χ1) is 10.2. The molecule has 0 fully saturated rings. The summed E-state index contributed by atoms with van der Waals surface area (Å²) in [4.78, 5) is 12.0. The molecule has 0 saturated heterocycles. The predicted molar refractivity (Wildman–Crippen MR) is 91.4 cm³/mol. The smallest absolute Gasteiger partial charge is 0.252 e. The quantitative estimate of drug-likeness (QED) is 0.775. The first-order valence-electron chi connectivity index (χ1n) is 6.52. The van der Waals surface area contributed by atoms with Gasteiger partial charge in [0.1, 0.15) is 0 Å². The second kappa shape index (κ2) is 8.32. The lowest BCUT2D eigenvalue weighted by Gasteiger charge is -2.07. The fourth-order valence-corrected chi connectivity index (χ4v) is 2.98. The van der Waals surface area contributed by atoms with E-state index in [-0.39, 0.29) is 5.91 Å². The van der Waals surface area contributed by atoms with Crippen molar-refractivity contribution in [3.63, 3.8) is 0 Å². The van der Waals surface area contributed by atoms with E-state index in [1.807, 2.05) is 18.2 Å². The Kier molecular flexibility index (Phi) is 6.43. The minimum atomic E-state index is -0.192. The Morgan fingerprint density at radius 1 is 1.05 bits per heavy atom. The van der Waals surface area contributed by atoms with Crippen LogP contribution in [0.1, 0.15) is 15.9 Å². The van der Waals surface area contributed by atoms with Crippen LogP contribution in [0.15, 0.2) is 48.5 Å². The fraction of sp³-hybridized carbons (Fsp3) is 0.188. The van der Waals surface area contributed by atoms with Crippen molar-refractivity contribution in [2.75, 3.05) is 12.3 Å². The van der Waals surface area contributed by atoms with Crippen molar-refractivity contribution in [1.29, 1.82) is 0 Å². The number of rotatable bonds is 6. The Bertz CT molecular complexity index is 604.